The predicted octanol–water partition coefficient (Wildman–Crippen LogP) is 3.41. The molecule has 3 nitrogen and oxygen atoms in total. The van der Waals surface area contributed by atoms with Gasteiger partial charge in [0, 0.05) is 6.07 Å². The van der Waals surface area contributed by atoms with Gasteiger partial charge in [0.05, 0.1) is 11.4 Å². The van der Waals surface area contributed by atoms with Crippen molar-refractivity contribution in [2.45, 2.75) is 40.0 Å². The Hall–Kier alpha value is -1.77. The van der Waals surface area contributed by atoms with Gasteiger partial charge in [0.15, 0.2) is 0 Å². The van der Waals surface area contributed by atoms with Crippen LogP contribution >= 0.6 is 0 Å². The second-order valence-corrected chi connectivity index (χ2v) is 4.82. The summed E-state index contributed by atoms with van der Waals surface area (Å²) in [7, 11) is 0. The number of para-hydroxylation sites is 1. The number of hydrogen-bond donors (Lipinski definition) is 1. The Morgan fingerprint density at radius 1 is 1.22 bits per heavy atom. The molecule has 2 rings (SSSR count). The molecule has 0 atom stereocenters. The van der Waals surface area contributed by atoms with E-state index < -0.39 is 0 Å². The van der Waals surface area contributed by atoms with Gasteiger partial charge in [-0.05, 0) is 37.8 Å². The van der Waals surface area contributed by atoms with Crippen LogP contribution in [0.3, 0.4) is 0 Å². The number of nitrogen functional groups attached to an aromatic ring is 1. The summed E-state index contributed by atoms with van der Waals surface area (Å²) in [5.74, 6) is 0.721. The van der Waals surface area contributed by atoms with Gasteiger partial charge in [0.2, 0.25) is 0 Å². The molecular weight excluding hydrogens is 222 g/mol. The molecule has 0 saturated carbocycles. The van der Waals surface area contributed by atoms with E-state index in [0.717, 1.165) is 30.0 Å². The summed E-state index contributed by atoms with van der Waals surface area (Å²) < 4.78 is 1.87. The average Bonchev–Trinajstić information content (AvgIpc) is 2.68. The lowest BCUT2D eigenvalue weighted by atomic mass is 10.1. The molecule has 0 radical (unpaired) electrons. The first kappa shape index (κ1) is 12.7. The van der Waals surface area contributed by atoms with Gasteiger partial charge in [-0.2, -0.15) is 5.10 Å². The minimum atomic E-state index is 0.721. The second kappa shape index (κ2) is 5.25. The number of nitrogens with zero attached hydrogens (tertiary/aromatic N) is 2. The number of hydrogen-bond acceptors (Lipinski definition) is 2. The second-order valence-electron chi connectivity index (χ2n) is 4.82. The third-order valence-corrected chi connectivity index (χ3v) is 3.23. The van der Waals surface area contributed by atoms with Crippen molar-refractivity contribution in [1.82, 2.24) is 9.78 Å². The molecular formula is C15H21N3. The number of benzene rings is 1. The lowest BCUT2D eigenvalue weighted by Gasteiger charge is -2.10. The molecule has 0 spiro atoms. The van der Waals surface area contributed by atoms with E-state index in [-0.39, 0.29) is 0 Å². The molecule has 1 heterocycles. The maximum atomic E-state index is 6.08. The van der Waals surface area contributed by atoms with Crippen LogP contribution in [0.1, 0.15) is 36.6 Å². The van der Waals surface area contributed by atoms with Crippen molar-refractivity contribution >= 4 is 5.82 Å². The standard InChI is InChI=1S/C15H21N3/c1-4-5-9-13-10-14(16)18(17-13)15-11(2)7-6-8-12(15)3/h6-8,10H,4-5,9,16H2,1-3H3. The molecule has 0 amide bonds. The fourth-order valence-corrected chi connectivity index (χ4v) is 2.25. The van der Waals surface area contributed by atoms with Crippen molar-refractivity contribution in [2.75, 3.05) is 5.73 Å². The summed E-state index contributed by atoms with van der Waals surface area (Å²) in [6, 6.07) is 8.23. The number of nitrogens with two attached hydrogens (primary N) is 1. The molecule has 2 N–H and O–H groups in total. The number of rotatable bonds is 4. The van der Waals surface area contributed by atoms with Gasteiger partial charge >= 0.3 is 0 Å². The average molecular weight is 243 g/mol. The van der Waals surface area contributed by atoms with Crippen molar-refractivity contribution in [1.29, 1.82) is 0 Å². The van der Waals surface area contributed by atoms with Crippen LogP contribution in [0.2, 0.25) is 0 Å². The Morgan fingerprint density at radius 3 is 2.50 bits per heavy atom. The number of anilines is 1. The highest BCUT2D eigenvalue weighted by atomic mass is 15.3. The molecule has 2 aromatic rings. The van der Waals surface area contributed by atoms with Crippen molar-refractivity contribution in [3.05, 3.63) is 41.1 Å². The lowest BCUT2D eigenvalue weighted by Crippen LogP contribution is -2.05. The number of aromatic nitrogens is 2. The van der Waals surface area contributed by atoms with E-state index >= 15 is 0 Å². The van der Waals surface area contributed by atoms with E-state index in [1.807, 2.05) is 10.7 Å². The van der Waals surface area contributed by atoms with Crippen molar-refractivity contribution in [3.8, 4) is 5.69 Å². The normalized spacial score (nSPS) is 10.8. The van der Waals surface area contributed by atoms with Crippen LogP contribution in [0.4, 0.5) is 5.82 Å². The molecule has 0 aliphatic carbocycles. The first-order chi connectivity index (χ1) is 8.63. The minimum absolute atomic E-state index is 0.721. The summed E-state index contributed by atoms with van der Waals surface area (Å²) >= 11 is 0. The van der Waals surface area contributed by atoms with Gasteiger partial charge in [-0.15, -0.1) is 0 Å². The zero-order chi connectivity index (χ0) is 13.1. The Bertz CT molecular complexity index is 520. The summed E-state index contributed by atoms with van der Waals surface area (Å²) in [6.45, 7) is 6.37. The van der Waals surface area contributed by atoms with Crippen LogP contribution in [0.15, 0.2) is 24.3 Å². The van der Waals surface area contributed by atoms with Crippen LogP contribution in [0.5, 0.6) is 0 Å². The quantitative estimate of drug-likeness (QED) is 0.894. The topological polar surface area (TPSA) is 43.8 Å². The summed E-state index contributed by atoms with van der Waals surface area (Å²) in [6.07, 6.45) is 3.33. The van der Waals surface area contributed by atoms with Crippen molar-refractivity contribution in [2.24, 2.45) is 0 Å². The summed E-state index contributed by atoms with van der Waals surface area (Å²) in [4.78, 5) is 0. The van der Waals surface area contributed by atoms with Crippen LogP contribution in [-0.2, 0) is 6.42 Å². The first-order valence-electron chi connectivity index (χ1n) is 6.54. The summed E-state index contributed by atoms with van der Waals surface area (Å²) in [5.41, 5.74) is 10.7. The Morgan fingerprint density at radius 2 is 1.89 bits per heavy atom. The molecule has 0 unspecified atom stereocenters. The van der Waals surface area contributed by atoms with Gasteiger partial charge in [-0.1, -0.05) is 31.5 Å². The van der Waals surface area contributed by atoms with Crippen LogP contribution < -0.4 is 5.73 Å². The molecule has 96 valence electrons. The highest BCUT2D eigenvalue weighted by Crippen LogP contribution is 2.22. The minimum Gasteiger partial charge on any atom is -0.384 e. The number of unbranched alkanes of at least 4 members (excludes halogenated alkanes) is 1. The largest absolute Gasteiger partial charge is 0.384 e. The first-order valence-corrected chi connectivity index (χ1v) is 6.54. The van der Waals surface area contributed by atoms with E-state index in [4.69, 9.17) is 5.73 Å². The van der Waals surface area contributed by atoms with Crippen LogP contribution in [-0.4, -0.2) is 9.78 Å². The predicted molar refractivity (Wildman–Crippen MR) is 76.1 cm³/mol. The molecule has 0 saturated heterocycles. The monoisotopic (exact) mass is 243 g/mol. The SMILES string of the molecule is CCCCc1cc(N)n(-c2c(C)cccc2C)n1. The van der Waals surface area contributed by atoms with Gasteiger partial charge in [-0.25, -0.2) is 4.68 Å². The smallest absolute Gasteiger partial charge is 0.127 e. The maximum Gasteiger partial charge on any atom is 0.127 e. The van der Waals surface area contributed by atoms with Gasteiger partial charge < -0.3 is 5.73 Å². The third kappa shape index (κ3) is 2.40. The zero-order valence-electron chi connectivity index (χ0n) is 11.4. The zero-order valence-corrected chi connectivity index (χ0v) is 11.4. The number of aryl methyl sites for hydroxylation is 3. The van der Waals surface area contributed by atoms with Crippen molar-refractivity contribution in [3.63, 3.8) is 0 Å². The maximum absolute atomic E-state index is 6.08. The van der Waals surface area contributed by atoms with E-state index in [2.05, 4.69) is 44.1 Å². The highest BCUT2D eigenvalue weighted by Gasteiger charge is 2.10. The molecule has 0 bridgehead atoms. The molecule has 1 aromatic heterocycles. The van der Waals surface area contributed by atoms with E-state index in [1.54, 1.807) is 0 Å². The molecule has 0 fully saturated rings. The molecule has 3 heteroatoms. The molecule has 18 heavy (non-hydrogen) atoms. The van der Waals surface area contributed by atoms with Crippen LogP contribution in [0, 0.1) is 13.8 Å². The van der Waals surface area contributed by atoms with Gasteiger partial charge in [-0.3, -0.25) is 0 Å². The van der Waals surface area contributed by atoms with Crippen molar-refractivity contribution < 1.29 is 0 Å². The Kier molecular flexibility index (Phi) is 3.70. The van der Waals surface area contributed by atoms with Gasteiger partial charge in [0.25, 0.3) is 0 Å². The fraction of sp³-hybridized carbons (Fsp3) is 0.400. The van der Waals surface area contributed by atoms with E-state index in [9.17, 15) is 0 Å². The van der Waals surface area contributed by atoms with E-state index in [0.29, 0.717) is 0 Å². The molecule has 1 aromatic carbocycles. The third-order valence-electron chi connectivity index (χ3n) is 3.23. The highest BCUT2D eigenvalue weighted by molar-refractivity contribution is 5.51. The fourth-order valence-electron chi connectivity index (χ4n) is 2.25. The van der Waals surface area contributed by atoms with Crippen LogP contribution in [0.25, 0.3) is 5.69 Å². The molecule has 0 aliphatic rings. The Labute approximate surface area is 109 Å². The van der Waals surface area contributed by atoms with Gasteiger partial charge in [0.1, 0.15) is 5.82 Å². The lowest BCUT2D eigenvalue weighted by molar-refractivity contribution is 0.751. The summed E-state index contributed by atoms with van der Waals surface area (Å²) in [5, 5.41) is 4.63. The Balaban J connectivity index is 2.41. The van der Waals surface area contributed by atoms with E-state index in [1.165, 1.54) is 17.5 Å². The molecule has 0 aliphatic heterocycles.